The molecule has 9 rings (SSSR count). The number of benzene rings is 7. The van der Waals surface area contributed by atoms with E-state index in [9.17, 15) is 0 Å². The molecule has 0 aliphatic rings. The minimum absolute atomic E-state index is 0.841. The largest absolute Gasteiger partial charge is 0.254 e. The molecule has 48 heavy (non-hydrogen) atoms. The van der Waals surface area contributed by atoms with Gasteiger partial charge in [0.15, 0.2) is 0 Å². The summed E-state index contributed by atoms with van der Waals surface area (Å²) in [4.78, 5) is 10.3. The molecule has 2 heterocycles. The van der Waals surface area contributed by atoms with Gasteiger partial charge in [-0.2, -0.15) is 0 Å². The molecule has 0 spiro atoms. The van der Waals surface area contributed by atoms with Gasteiger partial charge in [-0.25, -0.2) is 4.98 Å². The quantitative estimate of drug-likeness (QED) is 0.181. The Labute approximate surface area is 279 Å². The molecule has 9 aromatic rings. The van der Waals surface area contributed by atoms with E-state index in [1.165, 1.54) is 49.0 Å². The predicted octanol–water partition coefficient (Wildman–Crippen LogP) is 12.3. The smallest absolute Gasteiger partial charge is 0.0899 e. The summed E-state index contributed by atoms with van der Waals surface area (Å²) in [6, 6.07) is 62.5. The first-order valence-electron chi connectivity index (χ1n) is 16.3. The van der Waals surface area contributed by atoms with Crippen molar-refractivity contribution in [3.63, 3.8) is 0 Å². The fourth-order valence-corrected chi connectivity index (χ4v) is 6.83. The third kappa shape index (κ3) is 5.10. The maximum absolute atomic E-state index is 5.20. The molecule has 0 fully saturated rings. The molecule has 0 aliphatic heterocycles. The Bertz CT molecular complexity index is 2530. The Morgan fingerprint density at radius 1 is 0.292 bits per heavy atom. The number of aromatic nitrogens is 2. The molecule has 7 aromatic carbocycles. The van der Waals surface area contributed by atoms with E-state index in [0.717, 1.165) is 39.3 Å². The lowest BCUT2D eigenvalue weighted by atomic mass is 9.92. The van der Waals surface area contributed by atoms with Gasteiger partial charge in [-0.1, -0.05) is 146 Å². The molecule has 0 saturated carbocycles. The Balaban J connectivity index is 1.17. The second kappa shape index (κ2) is 11.8. The fourth-order valence-electron chi connectivity index (χ4n) is 6.83. The van der Waals surface area contributed by atoms with Gasteiger partial charge in [0.1, 0.15) is 0 Å². The summed E-state index contributed by atoms with van der Waals surface area (Å²) < 4.78 is 0. The maximum Gasteiger partial charge on any atom is 0.0899 e. The average molecular weight is 611 g/mol. The van der Waals surface area contributed by atoms with E-state index in [0.29, 0.717) is 0 Å². The van der Waals surface area contributed by atoms with Crippen LogP contribution in [0.25, 0.3) is 88.3 Å². The van der Waals surface area contributed by atoms with Crippen LogP contribution in [0.5, 0.6) is 0 Å². The summed E-state index contributed by atoms with van der Waals surface area (Å²) in [6.45, 7) is 0. The van der Waals surface area contributed by atoms with E-state index >= 15 is 0 Å². The van der Waals surface area contributed by atoms with Crippen molar-refractivity contribution in [2.45, 2.75) is 0 Å². The van der Waals surface area contributed by atoms with Crippen LogP contribution < -0.4 is 0 Å². The first-order valence-corrected chi connectivity index (χ1v) is 16.3. The topological polar surface area (TPSA) is 25.8 Å². The van der Waals surface area contributed by atoms with Crippen molar-refractivity contribution in [3.8, 4) is 56.0 Å². The first kappa shape index (κ1) is 27.9. The van der Waals surface area contributed by atoms with Crippen LogP contribution >= 0.6 is 0 Å². The van der Waals surface area contributed by atoms with Crippen LogP contribution in [0.1, 0.15) is 0 Å². The summed E-state index contributed by atoms with van der Waals surface area (Å²) >= 11 is 0. The van der Waals surface area contributed by atoms with Gasteiger partial charge >= 0.3 is 0 Å². The minimum atomic E-state index is 0.841. The third-order valence-corrected chi connectivity index (χ3v) is 9.28. The Morgan fingerprint density at radius 2 is 0.854 bits per heavy atom. The second-order valence-corrected chi connectivity index (χ2v) is 12.3. The average Bonchev–Trinajstić information content (AvgIpc) is 3.17. The molecule has 0 amide bonds. The van der Waals surface area contributed by atoms with Crippen LogP contribution in [-0.2, 0) is 0 Å². The van der Waals surface area contributed by atoms with Crippen molar-refractivity contribution in [1.82, 2.24) is 9.97 Å². The molecule has 0 atom stereocenters. The lowest BCUT2D eigenvalue weighted by molar-refractivity contribution is 1.25. The highest BCUT2D eigenvalue weighted by molar-refractivity contribution is 6.12. The SMILES string of the molecule is c1ccc(-c2ccc(-c3cc(-c4ccc5ccccc5c4)cc(-c4ccc(-c5c6ccccc6cc6ccccc56)cn4)n3)cc2)cc1. The molecule has 2 nitrogen and oxygen atoms in total. The Morgan fingerprint density at radius 3 is 1.56 bits per heavy atom. The van der Waals surface area contributed by atoms with Crippen molar-refractivity contribution < 1.29 is 0 Å². The summed E-state index contributed by atoms with van der Waals surface area (Å²) in [5, 5.41) is 7.34. The highest BCUT2D eigenvalue weighted by atomic mass is 14.8. The van der Waals surface area contributed by atoms with Crippen LogP contribution in [0.2, 0.25) is 0 Å². The number of nitrogens with zero attached hydrogens (tertiary/aromatic N) is 2. The zero-order valence-electron chi connectivity index (χ0n) is 26.2. The lowest BCUT2D eigenvalue weighted by Gasteiger charge is -2.13. The molecule has 2 aromatic heterocycles. The molecule has 2 heteroatoms. The van der Waals surface area contributed by atoms with E-state index in [1.54, 1.807) is 0 Å². The molecule has 0 aliphatic carbocycles. The third-order valence-electron chi connectivity index (χ3n) is 9.28. The van der Waals surface area contributed by atoms with Crippen molar-refractivity contribution in [3.05, 3.63) is 182 Å². The zero-order valence-corrected chi connectivity index (χ0v) is 26.2. The number of hydrogen-bond acceptors (Lipinski definition) is 2. The van der Waals surface area contributed by atoms with Crippen LogP contribution in [0, 0.1) is 0 Å². The van der Waals surface area contributed by atoms with Gasteiger partial charge in [-0.15, -0.1) is 0 Å². The first-order chi connectivity index (χ1) is 23.8. The standard InChI is InChI=1S/C46H30N2/c1-2-10-31(11-3-1)33-18-21-34(22-19-33)44-28-40(36-23-20-32-12-4-5-13-35(32)26-36)29-45(48-44)43-25-24-39(30-47-43)46-41-16-8-6-14-37(41)27-38-15-7-9-17-42(38)46/h1-30H. The summed E-state index contributed by atoms with van der Waals surface area (Å²) in [5.41, 5.74) is 10.6. The lowest BCUT2D eigenvalue weighted by Crippen LogP contribution is -1.94. The van der Waals surface area contributed by atoms with Gasteiger partial charge in [-0.3, -0.25) is 4.98 Å². The van der Waals surface area contributed by atoms with Crippen molar-refractivity contribution >= 4 is 32.3 Å². The monoisotopic (exact) mass is 610 g/mol. The fraction of sp³-hybridized carbons (Fsp3) is 0. The van der Waals surface area contributed by atoms with E-state index in [1.807, 2.05) is 12.3 Å². The Kier molecular flexibility index (Phi) is 6.84. The van der Waals surface area contributed by atoms with E-state index in [4.69, 9.17) is 9.97 Å². The molecule has 0 unspecified atom stereocenters. The molecule has 0 radical (unpaired) electrons. The van der Waals surface area contributed by atoms with Crippen LogP contribution in [0.4, 0.5) is 0 Å². The Hall–Kier alpha value is -6.38. The van der Waals surface area contributed by atoms with Crippen LogP contribution in [0.3, 0.4) is 0 Å². The van der Waals surface area contributed by atoms with Gasteiger partial charge in [-0.05, 0) is 90.5 Å². The molecule has 0 saturated heterocycles. The normalized spacial score (nSPS) is 11.3. The molecular weight excluding hydrogens is 581 g/mol. The van der Waals surface area contributed by atoms with Crippen molar-refractivity contribution in [1.29, 1.82) is 0 Å². The number of pyridine rings is 2. The number of fused-ring (bicyclic) bond motifs is 3. The van der Waals surface area contributed by atoms with Gasteiger partial charge in [0.05, 0.1) is 17.1 Å². The second-order valence-electron chi connectivity index (χ2n) is 12.3. The maximum atomic E-state index is 5.20. The highest BCUT2D eigenvalue weighted by Gasteiger charge is 2.14. The van der Waals surface area contributed by atoms with E-state index in [-0.39, 0.29) is 0 Å². The van der Waals surface area contributed by atoms with Crippen LogP contribution in [0.15, 0.2) is 182 Å². The molecule has 224 valence electrons. The number of rotatable bonds is 5. The summed E-state index contributed by atoms with van der Waals surface area (Å²) in [7, 11) is 0. The molecular formula is C46H30N2. The zero-order chi connectivity index (χ0) is 31.9. The van der Waals surface area contributed by atoms with Crippen molar-refractivity contribution in [2.75, 3.05) is 0 Å². The van der Waals surface area contributed by atoms with E-state index in [2.05, 4.69) is 170 Å². The number of hydrogen-bond donors (Lipinski definition) is 0. The van der Waals surface area contributed by atoms with Crippen molar-refractivity contribution in [2.24, 2.45) is 0 Å². The highest BCUT2D eigenvalue weighted by Crippen LogP contribution is 2.37. The minimum Gasteiger partial charge on any atom is -0.254 e. The summed E-state index contributed by atoms with van der Waals surface area (Å²) in [6.07, 6.45) is 2.00. The van der Waals surface area contributed by atoms with Gasteiger partial charge in [0, 0.05) is 17.3 Å². The van der Waals surface area contributed by atoms with Gasteiger partial charge in [0.2, 0.25) is 0 Å². The predicted molar refractivity (Wildman–Crippen MR) is 202 cm³/mol. The summed E-state index contributed by atoms with van der Waals surface area (Å²) in [5.74, 6) is 0. The molecule has 0 N–H and O–H groups in total. The van der Waals surface area contributed by atoms with Gasteiger partial charge in [0.25, 0.3) is 0 Å². The molecule has 0 bridgehead atoms. The van der Waals surface area contributed by atoms with E-state index < -0.39 is 0 Å². The van der Waals surface area contributed by atoms with Gasteiger partial charge < -0.3 is 0 Å². The van der Waals surface area contributed by atoms with Crippen LogP contribution in [-0.4, -0.2) is 9.97 Å².